The lowest BCUT2D eigenvalue weighted by molar-refractivity contribution is 0.205. The van der Waals surface area contributed by atoms with E-state index >= 15 is 0 Å². The highest BCUT2D eigenvalue weighted by molar-refractivity contribution is 5.61. The molecule has 1 aromatic heterocycles. The molecule has 0 aliphatic heterocycles. The van der Waals surface area contributed by atoms with Crippen LogP contribution in [0.4, 0.5) is 10.6 Å². The van der Waals surface area contributed by atoms with Crippen molar-refractivity contribution in [3.05, 3.63) is 12.4 Å². The van der Waals surface area contributed by atoms with E-state index in [9.17, 15) is 0 Å². The molecule has 0 radical (unpaired) electrons. The number of nitrogen functional groups attached to an aromatic ring is 1. The topological polar surface area (TPSA) is 124 Å². The van der Waals surface area contributed by atoms with Crippen molar-refractivity contribution in [2.45, 2.75) is 0 Å². The molecule has 0 bridgehead atoms. The summed E-state index contributed by atoms with van der Waals surface area (Å²) in [6.07, 6.45) is 1.62. The fourth-order valence-corrected chi connectivity index (χ4v) is 0.461. The quantitative estimate of drug-likeness (QED) is 0.552. The first-order valence-corrected chi connectivity index (χ1v) is 3.16. The number of amides is 1. The summed E-state index contributed by atoms with van der Waals surface area (Å²) in [5, 5.41) is 7.19. The number of methoxy groups -OCH3 is 1. The third-order valence-electron chi connectivity index (χ3n) is 0.840. The molecule has 5 N–H and O–H groups in total. The van der Waals surface area contributed by atoms with E-state index in [4.69, 9.17) is 20.4 Å². The Balaban J connectivity index is 0.000000310. The van der Waals surface area contributed by atoms with Gasteiger partial charge in [0.1, 0.15) is 5.82 Å². The molecule has 0 atom stereocenters. The average Bonchev–Trinajstić information content (AvgIpc) is 2.03. The molecule has 0 aromatic carbocycles. The molecule has 72 valence electrons. The highest BCUT2D eigenvalue weighted by atomic mass is 16.5. The first-order chi connectivity index (χ1) is 6.06. The Morgan fingerprint density at radius 3 is 2.46 bits per heavy atom. The highest BCUT2D eigenvalue weighted by Crippen LogP contribution is 2.03. The maximum Gasteiger partial charge on any atom is 0.402 e. The first-order valence-electron chi connectivity index (χ1n) is 3.16. The van der Waals surface area contributed by atoms with Gasteiger partial charge in [0.15, 0.2) is 0 Å². The monoisotopic (exact) mass is 186 g/mol. The summed E-state index contributed by atoms with van der Waals surface area (Å²) in [6, 6.07) is 0. The van der Waals surface area contributed by atoms with E-state index in [2.05, 4.69) is 15.7 Å². The smallest absolute Gasteiger partial charge is 0.402 e. The number of aromatic nitrogens is 2. The Labute approximate surface area is 74.4 Å². The van der Waals surface area contributed by atoms with Gasteiger partial charge in [0.25, 0.3) is 0 Å². The van der Waals surface area contributed by atoms with E-state index in [0.717, 1.165) is 0 Å². The molecular weight excluding hydrogens is 176 g/mol. The third kappa shape index (κ3) is 6.35. The van der Waals surface area contributed by atoms with Gasteiger partial charge in [-0.15, -0.1) is 0 Å². The summed E-state index contributed by atoms with van der Waals surface area (Å²) in [7, 11) is 1.52. The molecule has 0 saturated heterocycles. The zero-order valence-corrected chi connectivity index (χ0v) is 6.97. The average molecular weight is 186 g/mol. The van der Waals surface area contributed by atoms with Crippen molar-refractivity contribution in [3.63, 3.8) is 0 Å². The molecule has 1 rings (SSSR count). The molecule has 0 unspecified atom stereocenters. The van der Waals surface area contributed by atoms with Crippen molar-refractivity contribution in [1.82, 2.24) is 9.97 Å². The summed E-state index contributed by atoms with van der Waals surface area (Å²) in [6.45, 7) is 0. The van der Waals surface area contributed by atoms with E-state index in [1.165, 1.54) is 19.5 Å². The predicted octanol–water partition coefficient (Wildman–Crippen LogP) is -0.310. The van der Waals surface area contributed by atoms with Crippen LogP contribution in [0.2, 0.25) is 0 Å². The highest BCUT2D eigenvalue weighted by Gasteiger charge is 1.90. The molecule has 1 aromatic rings. The van der Waals surface area contributed by atoms with Crippen molar-refractivity contribution in [2.24, 2.45) is 5.73 Å². The van der Waals surface area contributed by atoms with Crippen LogP contribution in [0, 0.1) is 0 Å². The van der Waals surface area contributed by atoms with E-state index in [1.54, 1.807) is 0 Å². The van der Waals surface area contributed by atoms with Crippen LogP contribution in [-0.2, 0) is 0 Å². The lowest BCUT2D eigenvalue weighted by atomic mass is 10.7. The van der Waals surface area contributed by atoms with Gasteiger partial charge >= 0.3 is 6.09 Å². The van der Waals surface area contributed by atoms with Gasteiger partial charge in [-0.3, -0.25) is 4.98 Å². The Morgan fingerprint density at radius 2 is 2.15 bits per heavy atom. The second-order valence-corrected chi connectivity index (χ2v) is 1.82. The Morgan fingerprint density at radius 1 is 1.62 bits per heavy atom. The minimum Gasteiger partial charge on any atom is -0.480 e. The molecule has 1 amide bonds. The van der Waals surface area contributed by atoms with E-state index < -0.39 is 6.09 Å². The normalized spacial score (nSPS) is 8.08. The van der Waals surface area contributed by atoms with E-state index in [0.29, 0.717) is 11.7 Å². The van der Waals surface area contributed by atoms with Crippen molar-refractivity contribution in [3.8, 4) is 5.88 Å². The summed E-state index contributed by atoms with van der Waals surface area (Å²) in [4.78, 5) is 16.3. The molecule has 1 heterocycles. The number of ether oxygens (including phenoxy) is 1. The fraction of sp³-hybridized carbons (Fsp3) is 0.167. The number of anilines is 1. The number of nitrogens with zero attached hydrogens (tertiary/aromatic N) is 2. The van der Waals surface area contributed by atoms with Crippen LogP contribution < -0.4 is 16.2 Å². The summed E-state index contributed by atoms with van der Waals surface area (Å²) < 4.78 is 4.74. The maximum absolute atomic E-state index is 8.78. The SMILES string of the molecule is COc1cncc(N)n1.NC(=O)O. The zero-order valence-electron chi connectivity index (χ0n) is 6.97. The van der Waals surface area contributed by atoms with E-state index in [1.807, 2.05) is 0 Å². The number of carboxylic acid groups (broad SMARTS) is 1. The Kier molecular flexibility index (Phi) is 4.70. The standard InChI is InChI=1S/C5H7N3O.CH3NO2/c1-9-5-3-7-2-4(6)8-5;2-1(3)4/h2-3H,1H3,(H2,6,8);2H2,(H,3,4). The zero-order chi connectivity index (χ0) is 10.3. The molecular formula is C6H10N4O3. The van der Waals surface area contributed by atoms with Crippen LogP contribution in [0.5, 0.6) is 5.88 Å². The second kappa shape index (κ2) is 5.58. The molecule has 13 heavy (non-hydrogen) atoms. The largest absolute Gasteiger partial charge is 0.480 e. The number of rotatable bonds is 1. The van der Waals surface area contributed by atoms with Crippen LogP contribution in [-0.4, -0.2) is 28.3 Å². The molecule has 0 aliphatic carbocycles. The third-order valence-corrected chi connectivity index (χ3v) is 0.840. The van der Waals surface area contributed by atoms with Gasteiger partial charge in [0.05, 0.1) is 19.5 Å². The van der Waals surface area contributed by atoms with Gasteiger partial charge in [0.2, 0.25) is 5.88 Å². The van der Waals surface area contributed by atoms with Crippen molar-refractivity contribution >= 4 is 11.9 Å². The summed E-state index contributed by atoms with van der Waals surface area (Å²) >= 11 is 0. The number of primary amides is 1. The molecule has 0 spiro atoms. The van der Waals surface area contributed by atoms with Gasteiger partial charge in [-0.25, -0.2) is 4.79 Å². The molecule has 0 saturated carbocycles. The van der Waals surface area contributed by atoms with Crippen LogP contribution >= 0.6 is 0 Å². The number of nitrogens with two attached hydrogens (primary N) is 2. The van der Waals surface area contributed by atoms with Gasteiger partial charge < -0.3 is 21.3 Å². The minimum absolute atomic E-state index is 0.370. The number of carbonyl (C=O) groups is 1. The maximum atomic E-state index is 8.78. The lowest BCUT2D eigenvalue weighted by Gasteiger charge is -1.95. The van der Waals surface area contributed by atoms with Crippen LogP contribution in [0.15, 0.2) is 12.4 Å². The summed E-state index contributed by atoms with van der Waals surface area (Å²) in [5.74, 6) is 0.810. The molecule has 7 nitrogen and oxygen atoms in total. The van der Waals surface area contributed by atoms with Crippen molar-refractivity contribution in [1.29, 1.82) is 0 Å². The minimum atomic E-state index is -1.33. The van der Waals surface area contributed by atoms with Crippen LogP contribution in [0.1, 0.15) is 0 Å². The molecule has 0 aliphatic rings. The predicted molar refractivity (Wildman–Crippen MR) is 45.2 cm³/mol. The van der Waals surface area contributed by atoms with Crippen molar-refractivity contribution in [2.75, 3.05) is 12.8 Å². The lowest BCUT2D eigenvalue weighted by Crippen LogP contribution is -2.03. The molecule has 7 heteroatoms. The van der Waals surface area contributed by atoms with Gasteiger partial charge in [-0.05, 0) is 0 Å². The van der Waals surface area contributed by atoms with E-state index in [-0.39, 0.29) is 0 Å². The van der Waals surface area contributed by atoms with Crippen molar-refractivity contribution < 1.29 is 14.6 Å². The fourth-order valence-electron chi connectivity index (χ4n) is 0.461. The van der Waals surface area contributed by atoms with Crippen LogP contribution in [0.25, 0.3) is 0 Å². The van der Waals surface area contributed by atoms with Gasteiger partial charge in [-0.1, -0.05) is 0 Å². The van der Waals surface area contributed by atoms with Gasteiger partial charge in [-0.2, -0.15) is 4.98 Å². The Hall–Kier alpha value is -2.05. The first kappa shape index (κ1) is 11.0. The Bertz CT molecular complexity index is 274. The summed E-state index contributed by atoms with van der Waals surface area (Å²) in [5.41, 5.74) is 9.31. The number of hydrogen-bond donors (Lipinski definition) is 3. The van der Waals surface area contributed by atoms with Gasteiger partial charge in [0, 0.05) is 0 Å². The van der Waals surface area contributed by atoms with Crippen LogP contribution in [0.3, 0.4) is 0 Å². The molecule has 0 fully saturated rings. The number of hydrogen-bond acceptors (Lipinski definition) is 5. The second-order valence-electron chi connectivity index (χ2n) is 1.82.